The van der Waals surface area contributed by atoms with E-state index in [4.69, 9.17) is 9.47 Å². The number of nitrogens with one attached hydrogen (secondary N) is 3. The Hall–Kier alpha value is -2.77. The first-order chi connectivity index (χ1) is 13.5. The van der Waals surface area contributed by atoms with Crippen LogP contribution >= 0.6 is 0 Å². The summed E-state index contributed by atoms with van der Waals surface area (Å²) in [5, 5.41) is 13.7. The minimum absolute atomic E-state index is 0.00350. The number of aromatic amines is 1. The van der Waals surface area contributed by atoms with Crippen LogP contribution in [-0.2, 0) is 4.74 Å². The quantitative estimate of drug-likeness (QED) is 0.637. The second-order valence-electron chi connectivity index (χ2n) is 7.83. The van der Waals surface area contributed by atoms with E-state index in [1.165, 1.54) is 0 Å². The maximum atomic E-state index is 12.2. The predicted octanol–water partition coefficient (Wildman–Crippen LogP) is 3.86. The molecule has 8 nitrogen and oxygen atoms in total. The van der Waals surface area contributed by atoms with Crippen LogP contribution in [0.2, 0.25) is 0 Å². The van der Waals surface area contributed by atoms with Gasteiger partial charge in [-0.1, -0.05) is 0 Å². The maximum absolute atomic E-state index is 12.2. The fourth-order valence-corrected chi connectivity index (χ4v) is 3.87. The van der Waals surface area contributed by atoms with E-state index in [0.717, 1.165) is 49.3 Å². The highest BCUT2D eigenvalue weighted by Crippen LogP contribution is 2.36. The van der Waals surface area contributed by atoms with Gasteiger partial charge in [0.1, 0.15) is 11.9 Å². The van der Waals surface area contributed by atoms with Gasteiger partial charge < -0.3 is 20.1 Å². The van der Waals surface area contributed by atoms with Gasteiger partial charge in [-0.3, -0.25) is 10.1 Å². The molecule has 150 valence electrons. The van der Waals surface area contributed by atoms with E-state index >= 15 is 0 Å². The number of nitrogens with zero attached hydrogens (tertiary/aromatic N) is 2. The molecule has 1 fully saturated rings. The highest BCUT2D eigenvalue weighted by atomic mass is 16.6. The summed E-state index contributed by atoms with van der Waals surface area (Å²) >= 11 is 0. The van der Waals surface area contributed by atoms with Crippen molar-refractivity contribution in [1.29, 1.82) is 0 Å². The van der Waals surface area contributed by atoms with E-state index < -0.39 is 0 Å². The van der Waals surface area contributed by atoms with Crippen LogP contribution in [0.15, 0.2) is 24.5 Å². The second kappa shape index (κ2) is 8.08. The lowest BCUT2D eigenvalue weighted by Crippen LogP contribution is -2.35. The molecule has 0 radical (unpaired) electrons. The molecule has 4 rings (SSSR count). The Bertz CT molecular complexity index is 824. The van der Waals surface area contributed by atoms with Gasteiger partial charge in [-0.15, -0.1) is 0 Å². The molecule has 0 unspecified atom stereocenters. The third kappa shape index (κ3) is 4.55. The molecule has 3 heterocycles. The van der Waals surface area contributed by atoms with Crippen LogP contribution in [-0.4, -0.2) is 39.5 Å². The van der Waals surface area contributed by atoms with Gasteiger partial charge in [-0.25, -0.2) is 4.79 Å². The molecule has 1 saturated carbocycles. The summed E-state index contributed by atoms with van der Waals surface area (Å²) in [6.45, 7) is 4.00. The number of pyridine rings is 1. The average molecular weight is 385 g/mol. The number of fused-ring (bicyclic) bond motifs is 7. The van der Waals surface area contributed by atoms with Crippen molar-refractivity contribution >= 4 is 17.6 Å². The van der Waals surface area contributed by atoms with Crippen molar-refractivity contribution in [3.8, 4) is 5.75 Å². The standard InChI is InChI=1S/C20H27N5O3/c1-12-3-4-13(2)27-17-8-15(10-21-11-17)23-19-9-18(24-25-19)14-5-6-16(7-14)28-20(26)22-12/h8-14,16H,3-7H2,1-2H3,(H,22,26)(H2,23,24,25)/t12-,13-,14+,16-/m1/s1. The molecule has 2 aromatic rings. The number of hydrogen-bond acceptors (Lipinski definition) is 6. The lowest BCUT2D eigenvalue weighted by molar-refractivity contribution is 0.0964. The number of carbonyl (C=O) groups is 1. The van der Waals surface area contributed by atoms with Crippen molar-refractivity contribution in [3.05, 3.63) is 30.2 Å². The molecule has 0 aromatic carbocycles. The Morgan fingerprint density at radius 1 is 1.07 bits per heavy atom. The summed E-state index contributed by atoms with van der Waals surface area (Å²) in [5.41, 5.74) is 1.88. The molecule has 1 aliphatic carbocycles. The van der Waals surface area contributed by atoms with Crippen molar-refractivity contribution in [2.24, 2.45) is 0 Å². The number of aromatic nitrogens is 3. The SMILES string of the molecule is C[C@@H]1CC[C@@H](C)Oc2cncc(c2)Nc2cc([nH]n2)[C@H]2CC[C@H](C2)OC(=O)N1. The Morgan fingerprint density at radius 3 is 2.86 bits per heavy atom. The normalized spacial score (nSPS) is 28.1. The van der Waals surface area contributed by atoms with Crippen LogP contribution in [0, 0.1) is 0 Å². The first-order valence-corrected chi connectivity index (χ1v) is 9.96. The first-order valence-electron chi connectivity index (χ1n) is 9.96. The van der Waals surface area contributed by atoms with E-state index in [1.54, 1.807) is 12.4 Å². The summed E-state index contributed by atoms with van der Waals surface area (Å²) in [6.07, 6.45) is 7.33. The van der Waals surface area contributed by atoms with Gasteiger partial charge >= 0.3 is 6.09 Å². The van der Waals surface area contributed by atoms with Crippen LogP contribution in [0.3, 0.4) is 0 Å². The first kappa shape index (κ1) is 18.6. The van der Waals surface area contributed by atoms with Crippen molar-refractivity contribution in [1.82, 2.24) is 20.5 Å². The molecule has 4 atom stereocenters. The zero-order valence-corrected chi connectivity index (χ0v) is 16.3. The molecule has 1 aliphatic heterocycles. The van der Waals surface area contributed by atoms with E-state index in [9.17, 15) is 4.79 Å². The fourth-order valence-electron chi connectivity index (χ4n) is 3.87. The summed E-state index contributed by atoms with van der Waals surface area (Å²) < 4.78 is 11.6. The third-order valence-corrected chi connectivity index (χ3v) is 5.39. The van der Waals surface area contributed by atoms with Gasteiger partial charge in [0.05, 0.1) is 24.2 Å². The number of alkyl carbamates (subject to hydrolysis) is 1. The van der Waals surface area contributed by atoms with E-state index in [1.807, 2.05) is 26.0 Å². The molecular formula is C20H27N5O3. The summed E-state index contributed by atoms with van der Waals surface area (Å²) in [5.74, 6) is 1.75. The number of hydrogen-bond donors (Lipinski definition) is 3. The number of rotatable bonds is 0. The number of carbonyl (C=O) groups excluding carboxylic acids is 1. The predicted molar refractivity (Wildman–Crippen MR) is 105 cm³/mol. The van der Waals surface area contributed by atoms with Crippen molar-refractivity contribution in [2.75, 3.05) is 5.32 Å². The van der Waals surface area contributed by atoms with Crippen LogP contribution in [0.1, 0.15) is 57.6 Å². The molecule has 6 bridgehead atoms. The van der Waals surface area contributed by atoms with E-state index in [0.29, 0.717) is 11.7 Å². The van der Waals surface area contributed by atoms with Crippen molar-refractivity contribution < 1.29 is 14.3 Å². The molecule has 28 heavy (non-hydrogen) atoms. The fraction of sp³-hybridized carbons (Fsp3) is 0.550. The molecule has 1 amide bonds. The number of ether oxygens (including phenoxy) is 2. The monoisotopic (exact) mass is 385 g/mol. The largest absolute Gasteiger partial charge is 0.489 e. The van der Waals surface area contributed by atoms with Crippen LogP contribution in [0.5, 0.6) is 5.75 Å². The van der Waals surface area contributed by atoms with Gasteiger partial charge in [0.25, 0.3) is 0 Å². The van der Waals surface area contributed by atoms with Gasteiger partial charge in [0.2, 0.25) is 0 Å². The number of amides is 1. The molecule has 3 N–H and O–H groups in total. The van der Waals surface area contributed by atoms with E-state index in [2.05, 4.69) is 25.8 Å². The topological polar surface area (TPSA) is 101 Å². The number of anilines is 2. The summed E-state index contributed by atoms with van der Waals surface area (Å²) in [6, 6.07) is 3.95. The maximum Gasteiger partial charge on any atom is 0.407 e. The lowest BCUT2D eigenvalue weighted by Gasteiger charge is -2.20. The molecule has 0 saturated heterocycles. The van der Waals surface area contributed by atoms with Crippen LogP contribution < -0.4 is 15.4 Å². The molecule has 8 heteroatoms. The van der Waals surface area contributed by atoms with Gasteiger partial charge in [0.15, 0.2) is 5.82 Å². The summed E-state index contributed by atoms with van der Waals surface area (Å²) in [4.78, 5) is 16.5. The second-order valence-corrected chi connectivity index (χ2v) is 7.83. The molecule has 2 aliphatic rings. The van der Waals surface area contributed by atoms with Gasteiger partial charge in [-0.2, -0.15) is 5.10 Å². The third-order valence-electron chi connectivity index (χ3n) is 5.39. The Kier molecular flexibility index (Phi) is 5.36. The van der Waals surface area contributed by atoms with Gasteiger partial charge in [0, 0.05) is 29.8 Å². The highest BCUT2D eigenvalue weighted by molar-refractivity contribution is 5.67. The summed E-state index contributed by atoms with van der Waals surface area (Å²) in [7, 11) is 0. The van der Waals surface area contributed by atoms with Crippen LogP contribution in [0.4, 0.5) is 16.3 Å². The zero-order valence-electron chi connectivity index (χ0n) is 16.3. The number of H-pyrrole nitrogens is 1. The Labute approximate surface area is 164 Å². The lowest BCUT2D eigenvalue weighted by atomic mass is 10.0. The average Bonchev–Trinajstić information content (AvgIpc) is 3.29. The molecular weight excluding hydrogens is 358 g/mol. The Morgan fingerprint density at radius 2 is 1.96 bits per heavy atom. The molecule has 0 spiro atoms. The Balaban J connectivity index is 1.54. The smallest absolute Gasteiger partial charge is 0.407 e. The van der Waals surface area contributed by atoms with Crippen molar-refractivity contribution in [3.63, 3.8) is 0 Å². The van der Waals surface area contributed by atoms with Crippen molar-refractivity contribution in [2.45, 2.75) is 70.1 Å². The minimum Gasteiger partial charge on any atom is -0.489 e. The van der Waals surface area contributed by atoms with Crippen LogP contribution in [0.25, 0.3) is 0 Å². The molecule has 2 aromatic heterocycles. The van der Waals surface area contributed by atoms with E-state index in [-0.39, 0.29) is 24.3 Å². The van der Waals surface area contributed by atoms with Gasteiger partial charge in [-0.05, 0) is 46.0 Å². The minimum atomic E-state index is -0.336. The highest BCUT2D eigenvalue weighted by Gasteiger charge is 2.30. The zero-order chi connectivity index (χ0) is 19.5.